The predicted octanol–water partition coefficient (Wildman–Crippen LogP) is 7.66. The van der Waals surface area contributed by atoms with E-state index in [9.17, 15) is 18.8 Å². The Bertz CT molecular complexity index is 1470. The number of ether oxygens (including phenoxy) is 2. The number of carbonyl (C=O) groups excluding carboxylic acids is 3. The van der Waals surface area contributed by atoms with Gasteiger partial charge < -0.3 is 14.4 Å². The van der Waals surface area contributed by atoms with Gasteiger partial charge in [-0.25, -0.2) is 9.18 Å². The van der Waals surface area contributed by atoms with Gasteiger partial charge in [0, 0.05) is 40.4 Å². The molecule has 216 valence electrons. The van der Waals surface area contributed by atoms with E-state index in [4.69, 9.17) is 21.1 Å². The summed E-state index contributed by atoms with van der Waals surface area (Å²) in [6, 6.07) is 15.1. The molecule has 4 rings (SSSR count). The highest BCUT2D eigenvalue weighted by atomic mass is 35.5. The van der Waals surface area contributed by atoms with Crippen molar-refractivity contribution in [1.29, 1.82) is 0 Å². The Morgan fingerprint density at radius 2 is 1.63 bits per heavy atom. The van der Waals surface area contributed by atoms with Crippen molar-refractivity contribution >= 4 is 41.0 Å². The smallest absolute Gasteiger partial charge is 0.415 e. The van der Waals surface area contributed by atoms with Crippen LogP contribution in [-0.4, -0.2) is 47.5 Å². The minimum absolute atomic E-state index is 0.0935. The average Bonchev–Trinajstić information content (AvgIpc) is 3.37. The van der Waals surface area contributed by atoms with Crippen molar-refractivity contribution in [2.45, 2.75) is 51.0 Å². The second-order valence-corrected chi connectivity index (χ2v) is 12.1. The van der Waals surface area contributed by atoms with Gasteiger partial charge in [-0.2, -0.15) is 0 Å². The lowest BCUT2D eigenvalue weighted by Crippen LogP contribution is -2.36. The van der Waals surface area contributed by atoms with Crippen LogP contribution in [0.3, 0.4) is 0 Å². The number of benzene rings is 3. The summed E-state index contributed by atoms with van der Waals surface area (Å²) in [5.74, 6) is -1.48. The first-order chi connectivity index (χ1) is 19.3. The molecule has 1 aliphatic heterocycles. The van der Waals surface area contributed by atoms with Gasteiger partial charge in [0.1, 0.15) is 5.75 Å². The van der Waals surface area contributed by atoms with E-state index in [-0.39, 0.29) is 41.3 Å². The van der Waals surface area contributed by atoms with Crippen LogP contribution in [0.15, 0.2) is 59.5 Å². The third-order valence-corrected chi connectivity index (χ3v) is 8.48. The van der Waals surface area contributed by atoms with Crippen molar-refractivity contribution in [3.63, 3.8) is 0 Å². The molecule has 0 saturated carbocycles. The Hall–Kier alpha value is -3.36. The van der Waals surface area contributed by atoms with Crippen molar-refractivity contribution in [3.05, 3.63) is 87.7 Å². The highest BCUT2D eigenvalue weighted by Gasteiger charge is 2.42. The van der Waals surface area contributed by atoms with Crippen molar-refractivity contribution < 1.29 is 28.2 Å². The van der Waals surface area contributed by atoms with Crippen molar-refractivity contribution in [1.82, 2.24) is 4.90 Å². The van der Waals surface area contributed by atoms with Gasteiger partial charge in [0.05, 0.1) is 0 Å². The maximum atomic E-state index is 14.4. The summed E-state index contributed by atoms with van der Waals surface area (Å²) in [5.41, 5.74) is 2.04. The highest BCUT2D eigenvalue weighted by molar-refractivity contribution is 7.98. The van der Waals surface area contributed by atoms with Crippen LogP contribution in [0.4, 0.5) is 9.18 Å². The Morgan fingerprint density at radius 1 is 1.00 bits per heavy atom. The lowest BCUT2D eigenvalue weighted by molar-refractivity contribution is -0.129. The fourth-order valence-electron chi connectivity index (χ4n) is 4.93. The van der Waals surface area contributed by atoms with E-state index < -0.39 is 23.4 Å². The summed E-state index contributed by atoms with van der Waals surface area (Å²) in [7, 11) is 0. The largest absolute Gasteiger partial charge is 0.480 e. The molecule has 1 amide bonds. The second kappa shape index (κ2) is 12.2. The summed E-state index contributed by atoms with van der Waals surface area (Å²) in [6.45, 7) is 9.03. The van der Waals surface area contributed by atoms with Crippen molar-refractivity contribution in [3.8, 4) is 11.5 Å². The first kappa shape index (κ1) is 30.6. The van der Waals surface area contributed by atoms with Gasteiger partial charge in [0.2, 0.25) is 0 Å². The maximum absolute atomic E-state index is 14.4. The molecule has 0 aliphatic carbocycles. The number of hydrogen-bond donors (Lipinski definition) is 0. The molecule has 9 heteroatoms. The van der Waals surface area contributed by atoms with Crippen molar-refractivity contribution in [2.75, 3.05) is 19.3 Å². The van der Waals surface area contributed by atoms with Gasteiger partial charge in [-0.05, 0) is 87.9 Å². The number of carbonyl (C=O) groups is 3. The number of aryl methyl sites for hydroxylation is 2. The zero-order chi connectivity index (χ0) is 30.1. The molecule has 1 heterocycles. The van der Waals surface area contributed by atoms with E-state index in [1.54, 1.807) is 37.7 Å². The minimum Gasteiger partial charge on any atom is -0.480 e. The fraction of sp³-hybridized carbons (Fsp3) is 0.344. The van der Waals surface area contributed by atoms with Gasteiger partial charge >= 0.3 is 6.09 Å². The second-order valence-electron chi connectivity index (χ2n) is 10.8. The summed E-state index contributed by atoms with van der Waals surface area (Å²) in [4.78, 5) is 41.5. The number of rotatable bonds is 8. The zero-order valence-electron chi connectivity index (χ0n) is 23.9. The number of likely N-dealkylation sites (tertiary alicyclic amines) is 1. The molecule has 0 aromatic heterocycles. The molecular formula is C32H33ClFNO5S. The molecular weight excluding hydrogens is 565 g/mol. The third-order valence-electron chi connectivity index (χ3n) is 7.50. The molecule has 3 aromatic rings. The van der Waals surface area contributed by atoms with Crippen LogP contribution in [0.2, 0.25) is 5.02 Å². The van der Waals surface area contributed by atoms with E-state index in [1.165, 1.54) is 24.0 Å². The standard InChI is InChI=1S/C32H33ClFNO5S/c1-18-13-22(14-19(2)30(18)40-32(4,5)20(3)36)25-16-35(31(38)39-28-12-9-23(33)15-27(28)34)17-26(25)29(37)21-7-10-24(41-6)11-8-21/h7-15,25-26H,16-17H2,1-6H3/t25-,26+/m0/s1. The number of hydrogen-bond acceptors (Lipinski definition) is 6. The lowest BCUT2D eigenvalue weighted by Gasteiger charge is -2.27. The molecule has 0 spiro atoms. The van der Waals surface area contributed by atoms with Gasteiger partial charge in [0.25, 0.3) is 0 Å². The zero-order valence-corrected chi connectivity index (χ0v) is 25.5. The van der Waals surface area contributed by atoms with Crippen LogP contribution in [0.25, 0.3) is 0 Å². The molecule has 0 radical (unpaired) electrons. The molecule has 41 heavy (non-hydrogen) atoms. The number of Topliss-reactive ketones (excluding diaryl/α,β-unsaturated/α-hetero) is 2. The number of nitrogens with zero attached hydrogens (tertiary/aromatic N) is 1. The van der Waals surface area contributed by atoms with Gasteiger partial charge in [-0.15, -0.1) is 11.8 Å². The Morgan fingerprint density at radius 3 is 2.20 bits per heavy atom. The van der Waals surface area contributed by atoms with Crippen LogP contribution >= 0.6 is 23.4 Å². The highest BCUT2D eigenvalue weighted by Crippen LogP contribution is 2.39. The molecule has 1 aliphatic rings. The molecule has 3 aromatic carbocycles. The Labute approximate surface area is 249 Å². The maximum Gasteiger partial charge on any atom is 0.415 e. The topological polar surface area (TPSA) is 72.9 Å². The van der Waals surface area contributed by atoms with Gasteiger partial charge in [-0.1, -0.05) is 35.9 Å². The summed E-state index contributed by atoms with van der Waals surface area (Å²) in [6.07, 6.45) is 1.22. The molecule has 6 nitrogen and oxygen atoms in total. The summed E-state index contributed by atoms with van der Waals surface area (Å²) >= 11 is 7.41. The van der Waals surface area contributed by atoms with E-state index >= 15 is 0 Å². The summed E-state index contributed by atoms with van der Waals surface area (Å²) in [5, 5.41) is 0.187. The Kier molecular flexibility index (Phi) is 9.14. The van der Waals surface area contributed by atoms with Crippen LogP contribution in [0.1, 0.15) is 53.7 Å². The minimum atomic E-state index is -0.997. The van der Waals surface area contributed by atoms with Crippen LogP contribution < -0.4 is 9.47 Å². The van der Waals surface area contributed by atoms with Crippen LogP contribution in [-0.2, 0) is 4.79 Å². The molecule has 0 N–H and O–H groups in total. The molecule has 1 saturated heterocycles. The molecule has 2 atom stereocenters. The normalized spacial score (nSPS) is 16.9. The van der Waals surface area contributed by atoms with Gasteiger partial charge in [-0.3, -0.25) is 9.59 Å². The van der Waals surface area contributed by atoms with E-state index in [0.717, 1.165) is 27.7 Å². The SMILES string of the molecule is CSc1ccc(C(=O)[C@@H]2CN(C(=O)Oc3ccc(Cl)cc3F)C[C@H]2c2cc(C)c(OC(C)(C)C(C)=O)c(C)c2)cc1. The van der Waals surface area contributed by atoms with Crippen LogP contribution in [0, 0.1) is 25.6 Å². The first-order valence-electron chi connectivity index (χ1n) is 13.2. The number of amides is 1. The monoisotopic (exact) mass is 597 g/mol. The third kappa shape index (κ3) is 6.76. The number of halogens is 2. The molecule has 0 unspecified atom stereocenters. The predicted molar refractivity (Wildman–Crippen MR) is 159 cm³/mol. The number of ketones is 2. The Balaban J connectivity index is 1.67. The van der Waals surface area contributed by atoms with E-state index in [0.29, 0.717) is 11.3 Å². The lowest BCUT2D eigenvalue weighted by atomic mass is 9.82. The fourth-order valence-corrected chi connectivity index (χ4v) is 5.50. The van der Waals surface area contributed by atoms with Gasteiger partial charge in [0.15, 0.2) is 28.7 Å². The summed E-state index contributed by atoms with van der Waals surface area (Å²) < 4.78 is 25.8. The quantitative estimate of drug-likeness (QED) is 0.196. The molecule has 0 bridgehead atoms. The van der Waals surface area contributed by atoms with Crippen LogP contribution in [0.5, 0.6) is 11.5 Å². The molecule has 1 fully saturated rings. The first-order valence-corrected chi connectivity index (χ1v) is 14.8. The van der Waals surface area contributed by atoms with E-state index in [2.05, 4.69) is 0 Å². The number of thioether (sulfide) groups is 1. The average molecular weight is 598 g/mol. The van der Waals surface area contributed by atoms with Crippen molar-refractivity contribution in [2.24, 2.45) is 5.92 Å². The van der Waals surface area contributed by atoms with E-state index in [1.807, 2.05) is 44.4 Å².